The molecule has 0 amide bonds. The van der Waals surface area contributed by atoms with E-state index < -0.39 is 6.10 Å². The Morgan fingerprint density at radius 3 is 2.57 bits per heavy atom. The van der Waals surface area contributed by atoms with Gasteiger partial charge in [0.2, 0.25) is 0 Å². The lowest BCUT2D eigenvalue weighted by Crippen LogP contribution is -2.12. The zero-order valence-electron chi connectivity index (χ0n) is 11.3. The topological polar surface area (TPSA) is 58.3 Å². The minimum absolute atomic E-state index is 0.177. The van der Waals surface area contributed by atoms with E-state index in [1.807, 2.05) is 41.0 Å². The number of rotatable bonds is 4. The second kappa shape index (κ2) is 5.85. The standard InChI is InChI=1S/C16H15ClN2O2/c17-12-6-2-1-5-11(12)15(21)9-19-14-8-4-3-7-13(14)18-16(19)10-20/h1-8,15,20-21H,9-10H2/t15-/m1/s1. The van der Waals surface area contributed by atoms with Crippen LogP contribution in [0.15, 0.2) is 48.5 Å². The van der Waals surface area contributed by atoms with Crippen LogP contribution in [-0.2, 0) is 13.2 Å². The number of aliphatic hydroxyl groups excluding tert-OH is 2. The second-order valence-corrected chi connectivity index (χ2v) is 5.23. The first-order valence-corrected chi connectivity index (χ1v) is 7.06. The first-order chi connectivity index (χ1) is 10.2. The molecule has 2 aromatic carbocycles. The van der Waals surface area contributed by atoms with Crippen LogP contribution in [0.2, 0.25) is 5.02 Å². The van der Waals surface area contributed by atoms with Gasteiger partial charge < -0.3 is 14.8 Å². The molecule has 4 nitrogen and oxygen atoms in total. The molecule has 0 saturated heterocycles. The largest absolute Gasteiger partial charge is 0.388 e. The van der Waals surface area contributed by atoms with E-state index >= 15 is 0 Å². The summed E-state index contributed by atoms with van der Waals surface area (Å²) in [7, 11) is 0. The molecule has 0 bridgehead atoms. The van der Waals surface area contributed by atoms with Crippen LogP contribution in [0, 0.1) is 0 Å². The maximum absolute atomic E-state index is 10.4. The van der Waals surface area contributed by atoms with Gasteiger partial charge in [-0.05, 0) is 18.2 Å². The Morgan fingerprint density at radius 1 is 1.10 bits per heavy atom. The highest BCUT2D eigenvalue weighted by Crippen LogP contribution is 2.26. The molecule has 0 radical (unpaired) electrons. The van der Waals surface area contributed by atoms with E-state index in [2.05, 4.69) is 4.98 Å². The van der Waals surface area contributed by atoms with E-state index in [0.717, 1.165) is 11.0 Å². The van der Waals surface area contributed by atoms with Crippen LogP contribution in [0.4, 0.5) is 0 Å². The summed E-state index contributed by atoms with van der Waals surface area (Å²) < 4.78 is 1.82. The molecule has 0 fully saturated rings. The van der Waals surface area contributed by atoms with E-state index in [1.54, 1.807) is 12.1 Å². The molecule has 1 aromatic heterocycles. The lowest BCUT2D eigenvalue weighted by molar-refractivity contribution is 0.153. The Kier molecular flexibility index (Phi) is 3.92. The second-order valence-electron chi connectivity index (χ2n) is 4.82. The highest BCUT2D eigenvalue weighted by atomic mass is 35.5. The van der Waals surface area contributed by atoms with E-state index in [-0.39, 0.29) is 6.61 Å². The van der Waals surface area contributed by atoms with Crippen molar-refractivity contribution in [3.63, 3.8) is 0 Å². The third-order valence-electron chi connectivity index (χ3n) is 3.49. The summed E-state index contributed by atoms with van der Waals surface area (Å²) in [5.74, 6) is 0.530. The summed E-state index contributed by atoms with van der Waals surface area (Å²) in [6.45, 7) is 0.115. The number of hydrogen-bond acceptors (Lipinski definition) is 3. The summed E-state index contributed by atoms with van der Waals surface area (Å²) in [5.41, 5.74) is 2.35. The maximum atomic E-state index is 10.4. The van der Waals surface area contributed by atoms with Crippen molar-refractivity contribution < 1.29 is 10.2 Å². The fraction of sp³-hybridized carbons (Fsp3) is 0.188. The fourth-order valence-corrected chi connectivity index (χ4v) is 2.73. The number of para-hydroxylation sites is 2. The Morgan fingerprint density at radius 2 is 1.81 bits per heavy atom. The molecular weight excluding hydrogens is 288 g/mol. The number of hydrogen-bond donors (Lipinski definition) is 2. The van der Waals surface area contributed by atoms with Gasteiger partial charge in [0.15, 0.2) is 0 Å². The van der Waals surface area contributed by atoms with Crippen molar-refractivity contribution in [1.82, 2.24) is 9.55 Å². The predicted octanol–water partition coefficient (Wildman–Crippen LogP) is 2.92. The Bertz CT molecular complexity index is 770. The molecule has 1 heterocycles. The smallest absolute Gasteiger partial charge is 0.135 e. The van der Waals surface area contributed by atoms with Crippen LogP contribution in [-0.4, -0.2) is 19.8 Å². The number of aliphatic hydroxyl groups is 2. The molecule has 0 saturated carbocycles. The SMILES string of the molecule is OCc1nc2ccccc2n1C[C@@H](O)c1ccccc1Cl. The molecule has 3 aromatic rings. The van der Waals surface area contributed by atoms with Crippen molar-refractivity contribution >= 4 is 22.6 Å². The van der Waals surface area contributed by atoms with Gasteiger partial charge in [-0.25, -0.2) is 4.98 Å². The number of nitrogens with zero attached hydrogens (tertiary/aromatic N) is 2. The molecule has 1 atom stereocenters. The summed E-state index contributed by atoms with van der Waals surface area (Å²) in [6, 6.07) is 14.8. The van der Waals surface area contributed by atoms with Gasteiger partial charge in [0, 0.05) is 10.6 Å². The van der Waals surface area contributed by atoms with Crippen molar-refractivity contribution in [2.75, 3.05) is 0 Å². The number of fused-ring (bicyclic) bond motifs is 1. The summed E-state index contributed by atoms with van der Waals surface area (Å²) in [6.07, 6.45) is -0.762. The first-order valence-electron chi connectivity index (χ1n) is 6.68. The van der Waals surface area contributed by atoms with Crippen molar-refractivity contribution in [1.29, 1.82) is 0 Å². The molecule has 21 heavy (non-hydrogen) atoms. The predicted molar refractivity (Wildman–Crippen MR) is 82.1 cm³/mol. The zero-order chi connectivity index (χ0) is 14.8. The Balaban J connectivity index is 1.99. The number of halogens is 1. The van der Waals surface area contributed by atoms with Crippen molar-refractivity contribution in [3.8, 4) is 0 Å². The molecule has 0 aliphatic heterocycles. The quantitative estimate of drug-likeness (QED) is 0.779. The molecule has 108 valence electrons. The zero-order valence-corrected chi connectivity index (χ0v) is 12.0. The molecule has 5 heteroatoms. The molecule has 0 spiro atoms. The highest BCUT2D eigenvalue weighted by Gasteiger charge is 2.16. The third-order valence-corrected chi connectivity index (χ3v) is 3.84. The van der Waals surface area contributed by atoms with Crippen LogP contribution in [0.5, 0.6) is 0 Å². The molecular formula is C16H15ClN2O2. The number of aromatic nitrogens is 2. The minimum atomic E-state index is -0.762. The molecule has 0 aliphatic rings. The summed E-state index contributed by atoms with van der Waals surface area (Å²) in [5, 5.41) is 20.4. The highest BCUT2D eigenvalue weighted by molar-refractivity contribution is 6.31. The average molecular weight is 303 g/mol. The number of benzene rings is 2. The first kappa shape index (κ1) is 14.1. The summed E-state index contributed by atoms with van der Waals surface area (Å²) in [4.78, 5) is 4.37. The maximum Gasteiger partial charge on any atom is 0.135 e. The monoisotopic (exact) mass is 302 g/mol. The van der Waals surface area contributed by atoms with Crippen LogP contribution in [0.25, 0.3) is 11.0 Å². The minimum Gasteiger partial charge on any atom is -0.388 e. The van der Waals surface area contributed by atoms with Gasteiger partial charge in [-0.3, -0.25) is 0 Å². The third kappa shape index (κ3) is 2.65. The lowest BCUT2D eigenvalue weighted by Gasteiger charge is -2.15. The van der Waals surface area contributed by atoms with Gasteiger partial charge in [-0.1, -0.05) is 41.9 Å². The van der Waals surface area contributed by atoms with Gasteiger partial charge >= 0.3 is 0 Å². The average Bonchev–Trinajstić information content (AvgIpc) is 2.86. The Labute approximate surface area is 127 Å². The van der Waals surface area contributed by atoms with Crippen LogP contribution in [0.1, 0.15) is 17.5 Å². The van der Waals surface area contributed by atoms with Crippen molar-refractivity contribution in [2.45, 2.75) is 19.3 Å². The van der Waals surface area contributed by atoms with Gasteiger partial charge in [0.05, 0.1) is 23.7 Å². The molecule has 0 unspecified atom stereocenters. The number of imidazole rings is 1. The van der Waals surface area contributed by atoms with E-state index in [1.165, 1.54) is 0 Å². The van der Waals surface area contributed by atoms with Crippen molar-refractivity contribution in [2.24, 2.45) is 0 Å². The van der Waals surface area contributed by atoms with Crippen molar-refractivity contribution in [3.05, 3.63) is 64.9 Å². The lowest BCUT2D eigenvalue weighted by atomic mass is 10.1. The van der Waals surface area contributed by atoms with Crippen LogP contribution < -0.4 is 0 Å². The van der Waals surface area contributed by atoms with Gasteiger partial charge in [0.1, 0.15) is 12.4 Å². The van der Waals surface area contributed by atoms with E-state index in [9.17, 15) is 10.2 Å². The van der Waals surface area contributed by atoms with Gasteiger partial charge in [-0.15, -0.1) is 0 Å². The normalized spacial score (nSPS) is 12.7. The molecule has 2 N–H and O–H groups in total. The van der Waals surface area contributed by atoms with Gasteiger partial charge in [-0.2, -0.15) is 0 Å². The van der Waals surface area contributed by atoms with Crippen LogP contribution in [0.3, 0.4) is 0 Å². The fourth-order valence-electron chi connectivity index (χ4n) is 2.47. The van der Waals surface area contributed by atoms with E-state index in [4.69, 9.17) is 11.6 Å². The summed E-state index contributed by atoms with van der Waals surface area (Å²) >= 11 is 6.12. The molecule has 0 aliphatic carbocycles. The van der Waals surface area contributed by atoms with Gasteiger partial charge in [0.25, 0.3) is 0 Å². The molecule has 3 rings (SSSR count). The van der Waals surface area contributed by atoms with E-state index in [0.29, 0.717) is 23.0 Å². The Hall–Kier alpha value is -1.88. The van der Waals surface area contributed by atoms with Crippen LogP contribution >= 0.6 is 11.6 Å².